The van der Waals surface area contributed by atoms with Gasteiger partial charge in [-0.25, -0.2) is 5.48 Å². The lowest BCUT2D eigenvalue weighted by molar-refractivity contribution is 0.0706. The van der Waals surface area contributed by atoms with Crippen LogP contribution in [0.1, 0.15) is 34.3 Å². The number of nitrogens with zero attached hydrogens (tertiary/aromatic N) is 2. The molecule has 5 nitrogen and oxygen atoms in total. The Bertz CT molecular complexity index is 771. The molecular weight excluding hydrogens is 350 g/mol. The Kier molecular flexibility index (Phi) is 8.54. The fourth-order valence-corrected chi connectivity index (χ4v) is 3.47. The molecule has 2 N–H and O–H groups in total. The molecular formula is C23H29N3O2. The number of carbonyl (C=O) groups is 1. The van der Waals surface area contributed by atoms with Crippen LogP contribution < -0.4 is 10.4 Å². The number of rotatable bonds is 3. The van der Waals surface area contributed by atoms with E-state index in [0.29, 0.717) is 5.56 Å². The number of nitrogens with one attached hydrogen (secondary N) is 1. The number of likely N-dealkylation sites (N-methyl/N-ethyl adjacent to an activating group) is 1. The van der Waals surface area contributed by atoms with Gasteiger partial charge in [-0.2, -0.15) is 0 Å². The summed E-state index contributed by atoms with van der Waals surface area (Å²) >= 11 is 0. The van der Waals surface area contributed by atoms with Crippen LogP contribution in [0.2, 0.25) is 0 Å². The molecule has 28 heavy (non-hydrogen) atoms. The van der Waals surface area contributed by atoms with Crippen LogP contribution >= 0.6 is 0 Å². The minimum Gasteiger partial charge on any atom is -0.367 e. The van der Waals surface area contributed by atoms with Crippen LogP contribution in [-0.4, -0.2) is 42.7 Å². The number of amides is 1. The van der Waals surface area contributed by atoms with Gasteiger partial charge in [0.2, 0.25) is 0 Å². The van der Waals surface area contributed by atoms with Crippen molar-refractivity contribution in [3.63, 3.8) is 0 Å². The molecule has 2 aromatic rings. The van der Waals surface area contributed by atoms with Crippen molar-refractivity contribution in [2.45, 2.75) is 25.8 Å². The van der Waals surface area contributed by atoms with Gasteiger partial charge in [0, 0.05) is 30.9 Å². The average Bonchev–Trinajstić information content (AvgIpc) is 2.75. The average molecular weight is 380 g/mol. The minimum atomic E-state index is -0.481. The van der Waals surface area contributed by atoms with E-state index in [1.807, 2.05) is 12.1 Å². The maximum absolute atomic E-state index is 11.5. The van der Waals surface area contributed by atoms with E-state index in [1.165, 1.54) is 17.7 Å². The Hall–Kier alpha value is -2.81. The predicted octanol–water partition coefficient (Wildman–Crippen LogP) is 3.33. The van der Waals surface area contributed by atoms with E-state index in [-0.39, 0.29) is 0 Å². The Morgan fingerprint density at radius 2 is 1.71 bits per heavy atom. The number of terminal acetylenes is 1. The van der Waals surface area contributed by atoms with Crippen LogP contribution in [0.4, 0.5) is 5.69 Å². The van der Waals surface area contributed by atoms with Gasteiger partial charge in [0.1, 0.15) is 0 Å². The highest BCUT2D eigenvalue weighted by Gasteiger charge is 2.14. The summed E-state index contributed by atoms with van der Waals surface area (Å²) in [7, 11) is 2.20. The van der Waals surface area contributed by atoms with E-state index < -0.39 is 5.91 Å². The van der Waals surface area contributed by atoms with Gasteiger partial charge in [0.05, 0.1) is 0 Å². The zero-order valence-corrected chi connectivity index (χ0v) is 16.5. The molecule has 0 atom stereocenters. The lowest BCUT2D eigenvalue weighted by Crippen LogP contribution is -2.29. The smallest absolute Gasteiger partial charge is 0.274 e. The predicted molar refractivity (Wildman–Crippen MR) is 114 cm³/mol. The summed E-state index contributed by atoms with van der Waals surface area (Å²) in [6.07, 6.45) is 11.4. The zero-order valence-electron chi connectivity index (χ0n) is 16.5. The molecule has 0 saturated heterocycles. The van der Waals surface area contributed by atoms with Crippen molar-refractivity contribution in [3.05, 3.63) is 65.2 Å². The number of para-hydroxylation sites is 1. The van der Waals surface area contributed by atoms with Gasteiger partial charge in [-0.3, -0.25) is 10.0 Å². The summed E-state index contributed by atoms with van der Waals surface area (Å²) < 4.78 is 0. The van der Waals surface area contributed by atoms with E-state index in [9.17, 15) is 4.79 Å². The summed E-state index contributed by atoms with van der Waals surface area (Å²) in [6.45, 7) is 4.05. The van der Waals surface area contributed by atoms with Crippen LogP contribution in [0.5, 0.6) is 0 Å². The number of hydroxylamine groups is 1. The molecule has 148 valence electrons. The van der Waals surface area contributed by atoms with Crippen LogP contribution in [0, 0.1) is 12.8 Å². The zero-order chi connectivity index (χ0) is 20.4. The second-order valence-corrected chi connectivity index (χ2v) is 6.95. The van der Waals surface area contributed by atoms with Crippen molar-refractivity contribution in [1.29, 1.82) is 0 Å². The van der Waals surface area contributed by atoms with Gasteiger partial charge in [-0.05, 0) is 62.2 Å². The first-order valence-electron chi connectivity index (χ1n) is 9.55. The molecule has 1 amide bonds. The van der Waals surface area contributed by atoms with Crippen molar-refractivity contribution in [3.8, 4) is 12.8 Å². The summed E-state index contributed by atoms with van der Waals surface area (Å²) in [5, 5.41) is 8.74. The Morgan fingerprint density at radius 3 is 2.43 bits per heavy atom. The summed E-state index contributed by atoms with van der Waals surface area (Å²) in [5.74, 6) is -0.481. The van der Waals surface area contributed by atoms with Crippen LogP contribution in [0.15, 0.2) is 48.5 Å². The second kappa shape index (κ2) is 11.1. The van der Waals surface area contributed by atoms with E-state index in [0.717, 1.165) is 44.6 Å². The minimum absolute atomic E-state index is 0.459. The standard InChI is InChI=1S/C21H27N3O2.C2H2/c1-23-13-4-5-14-24(20-7-3-2-6-18(20)12-15-23)16-17-8-10-19(11-9-17)21(25)22-26;1-2/h2-3,6-11,26H,4-5,12-16H2,1H3,(H,22,25);1-2H. The molecule has 0 bridgehead atoms. The second-order valence-electron chi connectivity index (χ2n) is 6.95. The largest absolute Gasteiger partial charge is 0.367 e. The lowest BCUT2D eigenvalue weighted by atomic mass is 10.0. The maximum atomic E-state index is 11.5. The van der Waals surface area contributed by atoms with Gasteiger partial charge in [0.25, 0.3) is 5.91 Å². The molecule has 0 radical (unpaired) electrons. The first-order valence-corrected chi connectivity index (χ1v) is 9.55. The number of carbonyl (C=O) groups excluding carboxylic acids is 1. The molecule has 2 aromatic carbocycles. The van der Waals surface area contributed by atoms with Crippen molar-refractivity contribution < 1.29 is 10.0 Å². The SMILES string of the molecule is C#C.CN1CCCCN(Cc2ccc(C(=O)NO)cc2)c2ccccc2CC1. The molecule has 0 spiro atoms. The Balaban J connectivity index is 0.00000136. The van der Waals surface area contributed by atoms with Gasteiger partial charge in [-0.15, -0.1) is 12.8 Å². The van der Waals surface area contributed by atoms with Crippen molar-refractivity contribution >= 4 is 11.6 Å². The number of anilines is 1. The monoisotopic (exact) mass is 379 g/mol. The van der Waals surface area contributed by atoms with Crippen molar-refractivity contribution in [2.24, 2.45) is 0 Å². The molecule has 1 aliphatic rings. The lowest BCUT2D eigenvalue weighted by Gasteiger charge is -2.30. The normalized spacial score (nSPS) is 14.9. The molecule has 0 fully saturated rings. The van der Waals surface area contributed by atoms with Crippen LogP contribution in [-0.2, 0) is 13.0 Å². The quantitative estimate of drug-likeness (QED) is 0.488. The topological polar surface area (TPSA) is 55.8 Å². The third-order valence-corrected chi connectivity index (χ3v) is 5.00. The molecule has 0 unspecified atom stereocenters. The molecule has 1 heterocycles. The molecule has 3 rings (SSSR count). The number of hydrogen-bond acceptors (Lipinski definition) is 4. The third kappa shape index (κ3) is 5.85. The number of benzene rings is 2. The van der Waals surface area contributed by atoms with Crippen molar-refractivity contribution in [1.82, 2.24) is 10.4 Å². The molecule has 0 aliphatic carbocycles. The Morgan fingerprint density at radius 1 is 1.04 bits per heavy atom. The van der Waals surface area contributed by atoms with Crippen LogP contribution in [0.25, 0.3) is 0 Å². The molecule has 0 saturated carbocycles. The summed E-state index contributed by atoms with van der Waals surface area (Å²) in [6, 6.07) is 16.1. The highest BCUT2D eigenvalue weighted by molar-refractivity contribution is 5.93. The van der Waals surface area contributed by atoms with E-state index in [4.69, 9.17) is 5.21 Å². The van der Waals surface area contributed by atoms with Crippen molar-refractivity contribution in [2.75, 3.05) is 31.6 Å². The molecule has 0 aromatic heterocycles. The first kappa shape index (κ1) is 21.5. The van der Waals surface area contributed by atoms with Gasteiger partial charge < -0.3 is 9.80 Å². The Labute approximate surface area is 167 Å². The number of hydrogen-bond donors (Lipinski definition) is 2. The first-order chi connectivity index (χ1) is 13.7. The highest BCUT2D eigenvalue weighted by Crippen LogP contribution is 2.25. The number of fused-ring (bicyclic) bond motifs is 1. The molecule has 5 heteroatoms. The molecule has 1 aliphatic heterocycles. The fraction of sp³-hybridized carbons (Fsp3) is 0.348. The van der Waals surface area contributed by atoms with Gasteiger partial charge in [0.15, 0.2) is 0 Å². The third-order valence-electron chi connectivity index (χ3n) is 5.00. The summed E-state index contributed by atoms with van der Waals surface area (Å²) in [5.41, 5.74) is 5.98. The van der Waals surface area contributed by atoms with E-state index in [1.54, 1.807) is 17.6 Å². The fourth-order valence-electron chi connectivity index (χ4n) is 3.47. The van der Waals surface area contributed by atoms with Gasteiger partial charge >= 0.3 is 0 Å². The van der Waals surface area contributed by atoms with E-state index >= 15 is 0 Å². The van der Waals surface area contributed by atoms with E-state index in [2.05, 4.69) is 54.0 Å². The maximum Gasteiger partial charge on any atom is 0.274 e. The highest BCUT2D eigenvalue weighted by atomic mass is 16.5. The summed E-state index contributed by atoms with van der Waals surface area (Å²) in [4.78, 5) is 16.3. The van der Waals surface area contributed by atoms with Crippen LogP contribution in [0.3, 0.4) is 0 Å². The van der Waals surface area contributed by atoms with Gasteiger partial charge in [-0.1, -0.05) is 30.3 Å².